The van der Waals surface area contributed by atoms with Gasteiger partial charge in [-0.2, -0.15) is 0 Å². The molecule has 144 valence electrons. The highest BCUT2D eigenvalue weighted by atomic mass is 35.5. The van der Waals surface area contributed by atoms with Gasteiger partial charge in [0, 0.05) is 30.2 Å². The molecule has 27 heavy (non-hydrogen) atoms. The van der Waals surface area contributed by atoms with Crippen LogP contribution in [-0.2, 0) is 9.53 Å². The average molecular weight is 407 g/mol. The van der Waals surface area contributed by atoms with Crippen molar-refractivity contribution in [3.05, 3.63) is 59.1 Å². The van der Waals surface area contributed by atoms with E-state index in [4.69, 9.17) is 16.3 Å². The monoisotopic (exact) mass is 406 g/mol. The van der Waals surface area contributed by atoms with E-state index in [-0.39, 0.29) is 17.1 Å². The number of amides is 2. The molecule has 2 aromatic carbocycles. The van der Waals surface area contributed by atoms with Gasteiger partial charge in [0.05, 0.1) is 16.5 Å². The van der Waals surface area contributed by atoms with E-state index in [1.165, 1.54) is 11.8 Å². The summed E-state index contributed by atoms with van der Waals surface area (Å²) in [6.45, 7) is 2.91. The minimum absolute atomic E-state index is 0.172. The molecule has 2 N–H and O–H groups in total. The van der Waals surface area contributed by atoms with Crippen molar-refractivity contribution in [3.63, 3.8) is 0 Å². The van der Waals surface area contributed by atoms with Crippen LogP contribution in [0.1, 0.15) is 23.7 Å². The molecule has 1 atom stereocenters. The normalized spacial score (nSPS) is 11.7. The zero-order valence-electron chi connectivity index (χ0n) is 15.3. The molecule has 0 bridgehead atoms. The molecule has 2 amide bonds. The Bertz CT molecular complexity index is 768. The molecule has 0 aliphatic carbocycles. The van der Waals surface area contributed by atoms with Crippen LogP contribution in [0.2, 0.25) is 5.02 Å². The summed E-state index contributed by atoms with van der Waals surface area (Å²) < 4.78 is 4.97. The zero-order valence-corrected chi connectivity index (χ0v) is 16.9. The number of thioether (sulfide) groups is 1. The lowest BCUT2D eigenvalue weighted by molar-refractivity contribution is -0.115. The van der Waals surface area contributed by atoms with E-state index in [0.717, 1.165) is 11.3 Å². The maximum Gasteiger partial charge on any atom is 0.253 e. The number of carbonyl (C=O) groups excluding carboxylic acids is 2. The molecule has 7 heteroatoms. The van der Waals surface area contributed by atoms with Crippen molar-refractivity contribution in [2.45, 2.75) is 23.5 Å². The van der Waals surface area contributed by atoms with Gasteiger partial charge in [-0.15, -0.1) is 11.8 Å². The van der Waals surface area contributed by atoms with Crippen molar-refractivity contribution < 1.29 is 14.3 Å². The van der Waals surface area contributed by atoms with E-state index in [1.54, 1.807) is 43.5 Å². The van der Waals surface area contributed by atoms with Crippen LogP contribution in [0.3, 0.4) is 0 Å². The second kappa shape index (κ2) is 11.0. The molecule has 0 fully saturated rings. The van der Waals surface area contributed by atoms with E-state index < -0.39 is 0 Å². The Morgan fingerprint density at radius 3 is 2.56 bits per heavy atom. The molecule has 0 spiro atoms. The van der Waals surface area contributed by atoms with Crippen LogP contribution in [0.15, 0.2) is 53.4 Å². The van der Waals surface area contributed by atoms with Gasteiger partial charge in [-0.3, -0.25) is 9.59 Å². The Balaban J connectivity index is 1.98. The summed E-state index contributed by atoms with van der Waals surface area (Å²) >= 11 is 7.31. The maximum absolute atomic E-state index is 12.6. The van der Waals surface area contributed by atoms with E-state index in [0.29, 0.717) is 29.4 Å². The van der Waals surface area contributed by atoms with Gasteiger partial charge < -0.3 is 15.4 Å². The summed E-state index contributed by atoms with van der Waals surface area (Å²) in [4.78, 5) is 25.9. The first-order valence-electron chi connectivity index (χ1n) is 8.60. The lowest BCUT2D eigenvalue weighted by Gasteiger charge is -2.15. The van der Waals surface area contributed by atoms with E-state index in [9.17, 15) is 9.59 Å². The fraction of sp³-hybridized carbons (Fsp3) is 0.300. The predicted octanol–water partition coefficient (Wildman–Crippen LogP) is 4.23. The number of benzene rings is 2. The lowest BCUT2D eigenvalue weighted by atomic mass is 10.1. The van der Waals surface area contributed by atoms with E-state index >= 15 is 0 Å². The van der Waals surface area contributed by atoms with Gasteiger partial charge in [-0.1, -0.05) is 23.7 Å². The molecule has 0 saturated heterocycles. The van der Waals surface area contributed by atoms with Crippen LogP contribution in [0.4, 0.5) is 5.69 Å². The smallest absolute Gasteiger partial charge is 0.253 e. The van der Waals surface area contributed by atoms with Crippen molar-refractivity contribution in [2.24, 2.45) is 0 Å². The fourth-order valence-corrected chi connectivity index (χ4v) is 3.30. The average Bonchev–Trinajstić information content (AvgIpc) is 2.67. The minimum Gasteiger partial charge on any atom is -0.385 e. The van der Waals surface area contributed by atoms with Crippen molar-refractivity contribution >= 4 is 40.9 Å². The van der Waals surface area contributed by atoms with Gasteiger partial charge >= 0.3 is 0 Å². The first-order chi connectivity index (χ1) is 13.0. The predicted molar refractivity (Wildman–Crippen MR) is 111 cm³/mol. The number of para-hydroxylation sites is 1. The molecule has 0 radical (unpaired) electrons. The highest BCUT2D eigenvalue weighted by molar-refractivity contribution is 8.00. The number of nitrogens with one attached hydrogen (secondary N) is 2. The lowest BCUT2D eigenvalue weighted by Crippen LogP contribution is -2.28. The third-order valence-corrected chi connectivity index (χ3v) is 5.10. The zero-order chi connectivity index (χ0) is 19.6. The highest BCUT2D eigenvalue weighted by Crippen LogP contribution is 2.26. The second-order valence-corrected chi connectivity index (χ2v) is 7.70. The van der Waals surface area contributed by atoms with Crippen LogP contribution in [-0.4, -0.2) is 37.3 Å². The second-order valence-electron chi connectivity index (χ2n) is 5.85. The molecule has 2 rings (SSSR count). The fourth-order valence-electron chi connectivity index (χ4n) is 2.31. The Morgan fingerprint density at radius 1 is 1.15 bits per heavy atom. The highest BCUT2D eigenvalue weighted by Gasteiger charge is 2.18. The van der Waals surface area contributed by atoms with Gasteiger partial charge in [0.2, 0.25) is 5.91 Å². The number of rotatable bonds is 9. The molecule has 2 aromatic rings. The molecule has 0 aliphatic rings. The molecule has 0 unspecified atom stereocenters. The summed E-state index contributed by atoms with van der Waals surface area (Å²) in [7, 11) is 1.62. The van der Waals surface area contributed by atoms with Crippen LogP contribution in [0.25, 0.3) is 0 Å². The van der Waals surface area contributed by atoms with Crippen molar-refractivity contribution in [1.82, 2.24) is 5.32 Å². The number of halogens is 1. The van der Waals surface area contributed by atoms with Crippen LogP contribution < -0.4 is 10.6 Å². The number of hydrogen-bond donors (Lipinski definition) is 2. The number of hydrogen-bond acceptors (Lipinski definition) is 4. The van der Waals surface area contributed by atoms with Gasteiger partial charge in [-0.25, -0.2) is 0 Å². The Hall–Kier alpha value is -2.02. The quantitative estimate of drug-likeness (QED) is 0.483. The topological polar surface area (TPSA) is 67.4 Å². The first kappa shape index (κ1) is 21.3. The largest absolute Gasteiger partial charge is 0.385 e. The Labute approximate surface area is 168 Å². The summed E-state index contributed by atoms with van der Waals surface area (Å²) in [5.74, 6) is -0.394. The van der Waals surface area contributed by atoms with Crippen molar-refractivity contribution in [3.8, 4) is 0 Å². The summed E-state index contributed by atoms with van der Waals surface area (Å²) in [6, 6.07) is 14.3. The van der Waals surface area contributed by atoms with Gasteiger partial charge in [0.25, 0.3) is 5.91 Å². The first-order valence-corrected chi connectivity index (χ1v) is 9.86. The van der Waals surface area contributed by atoms with Crippen molar-refractivity contribution in [2.75, 3.05) is 25.6 Å². The maximum atomic E-state index is 12.6. The van der Waals surface area contributed by atoms with Crippen LogP contribution in [0.5, 0.6) is 0 Å². The standard InChI is InChI=1S/C20H23ClN2O3S/c1-14(27-16-10-8-15(21)9-11-16)19(24)23-18-7-4-3-6-17(18)20(25)22-12-5-13-26-2/h3-4,6-11,14H,5,12-13H2,1-2H3,(H,22,25)(H,23,24)/t14-/m0/s1. The Morgan fingerprint density at radius 2 is 1.85 bits per heavy atom. The third-order valence-electron chi connectivity index (χ3n) is 3.74. The van der Waals surface area contributed by atoms with Crippen molar-refractivity contribution in [1.29, 1.82) is 0 Å². The number of carbonyl (C=O) groups is 2. The molecule has 5 nitrogen and oxygen atoms in total. The summed E-state index contributed by atoms with van der Waals surface area (Å²) in [5, 5.41) is 6.01. The van der Waals surface area contributed by atoms with Crippen LogP contribution >= 0.6 is 23.4 Å². The minimum atomic E-state index is -0.330. The summed E-state index contributed by atoms with van der Waals surface area (Å²) in [6.07, 6.45) is 0.728. The molecule has 0 saturated carbocycles. The third kappa shape index (κ3) is 6.90. The molecule has 0 aliphatic heterocycles. The SMILES string of the molecule is COCCCNC(=O)c1ccccc1NC(=O)[C@H](C)Sc1ccc(Cl)cc1. The van der Waals surface area contributed by atoms with Gasteiger partial charge in [0.15, 0.2) is 0 Å². The van der Waals surface area contributed by atoms with Crippen LogP contribution in [0, 0.1) is 0 Å². The summed E-state index contributed by atoms with van der Waals surface area (Å²) in [5.41, 5.74) is 0.933. The van der Waals surface area contributed by atoms with Gasteiger partial charge in [0.1, 0.15) is 0 Å². The molecular weight excluding hydrogens is 384 g/mol. The number of ether oxygens (including phenoxy) is 1. The van der Waals surface area contributed by atoms with E-state index in [2.05, 4.69) is 10.6 Å². The molecular formula is C20H23ClN2O3S. The molecule has 0 heterocycles. The number of anilines is 1. The van der Waals surface area contributed by atoms with Gasteiger partial charge in [-0.05, 0) is 49.7 Å². The van der Waals surface area contributed by atoms with E-state index in [1.807, 2.05) is 19.1 Å². The molecule has 0 aromatic heterocycles. The Kier molecular flexibility index (Phi) is 8.64. The number of methoxy groups -OCH3 is 1.